The van der Waals surface area contributed by atoms with Crippen molar-refractivity contribution in [1.29, 1.82) is 5.26 Å². The number of fused-ring (bicyclic) bond motifs is 1. The van der Waals surface area contributed by atoms with Crippen molar-refractivity contribution in [3.8, 4) is 6.07 Å². The van der Waals surface area contributed by atoms with Crippen LogP contribution in [0, 0.1) is 11.3 Å². The van der Waals surface area contributed by atoms with E-state index in [2.05, 4.69) is 16.7 Å². The number of nitrogens with one attached hydrogen (secondary N) is 2. The van der Waals surface area contributed by atoms with Gasteiger partial charge in [0.05, 0.1) is 23.1 Å². The van der Waals surface area contributed by atoms with Crippen LogP contribution < -0.4 is 10.6 Å². The number of amides is 2. The van der Waals surface area contributed by atoms with Crippen molar-refractivity contribution in [3.63, 3.8) is 0 Å². The van der Waals surface area contributed by atoms with Crippen LogP contribution in [0.25, 0.3) is 0 Å². The zero-order chi connectivity index (χ0) is 17.3. The van der Waals surface area contributed by atoms with Crippen molar-refractivity contribution in [3.05, 3.63) is 59.2 Å². The molecule has 0 aliphatic carbocycles. The zero-order valence-electron chi connectivity index (χ0n) is 13.5. The van der Waals surface area contributed by atoms with Crippen molar-refractivity contribution >= 4 is 23.2 Å². The molecule has 2 aromatic carbocycles. The van der Waals surface area contributed by atoms with Gasteiger partial charge in [-0.25, -0.2) is 0 Å². The van der Waals surface area contributed by atoms with Crippen LogP contribution in [0.1, 0.15) is 30.5 Å². The number of carbonyl (C=O) groups is 2. The summed E-state index contributed by atoms with van der Waals surface area (Å²) in [6, 6.07) is 14.5. The van der Waals surface area contributed by atoms with E-state index in [4.69, 9.17) is 5.26 Å². The number of nitriles is 1. The van der Waals surface area contributed by atoms with Gasteiger partial charge in [0.15, 0.2) is 0 Å². The molecule has 0 bridgehead atoms. The van der Waals surface area contributed by atoms with Crippen molar-refractivity contribution in [2.24, 2.45) is 0 Å². The number of rotatable bonds is 3. The van der Waals surface area contributed by atoms with Gasteiger partial charge in [0, 0.05) is 5.69 Å². The molecular formula is C19H17N3O2. The van der Waals surface area contributed by atoms with Gasteiger partial charge >= 0.3 is 0 Å². The maximum absolute atomic E-state index is 12.3. The van der Waals surface area contributed by atoms with Gasteiger partial charge in [-0.05, 0) is 43.2 Å². The zero-order valence-corrected chi connectivity index (χ0v) is 13.5. The molecule has 120 valence electrons. The Morgan fingerprint density at radius 2 is 2.00 bits per heavy atom. The highest BCUT2D eigenvalue weighted by molar-refractivity contribution is 6.05. The third-order valence-electron chi connectivity index (χ3n) is 4.26. The number of hydrogen-bond donors (Lipinski definition) is 2. The van der Waals surface area contributed by atoms with Gasteiger partial charge in [0.1, 0.15) is 6.07 Å². The van der Waals surface area contributed by atoms with Crippen LogP contribution in [-0.2, 0) is 21.4 Å². The van der Waals surface area contributed by atoms with Crippen LogP contribution in [0.5, 0.6) is 0 Å². The summed E-state index contributed by atoms with van der Waals surface area (Å²) >= 11 is 0. The molecule has 0 fully saturated rings. The normalized spacial score (nSPS) is 14.5. The van der Waals surface area contributed by atoms with E-state index in [-0.39, 0.29) is 18.2 Å². The Balaban J connectivity index is 1.78. The van der Waals surface area contributed by atoms with E-state index < -0.39 is 5.41 Å². The topological polar surface area (TPSA) is 82.0 Å². The molecule has 0 radical (unpaired) electrons. The smallest absolute Gasteiger partial charge is 0.234 e. The number of hydrogen-bond acceptors (Lipinski definition) is 3. The molecule has 2 amide bonds. The fourth-order valence-corrected chi connectivity index (χ4v) is 2.80. The van der Waals surface area contributed by atoms with Crippen LogP contribution in [0.15, 0.2) is 42.5 Å². The molecule has 24 heavy (non-hydrogen) atoms. The standard InChI is InChI=1S/C19H17N3O2/c1-19(2)14-9-12(7-8-16(14)22-18(19)24)10-17(23)21-15-6-4-3-5-13(15)11-20/h3-9H,10H2,1-2H3,(H,21,23)(H,22,24). The number of para-hydroxylation sites is 1. The number of anilines is 2. The van der Waals surface area contributed by atoms with E-state index in [1.165, 1.54) is 0 Å². The van der Waals surface area contributed by atoms with E-state index in [1.807, 2.05) is 32.0 Å². The molecule has 2 N–H and O–H groups in total. The summed E-state index contributed by atoms with van der Waals surface area (Å²) < 4.78 is 0. The summed E-state index contributed by atoms with van der Waals surface area (Å²) in [5.74, 6) is -0.241. The highest BCUT2D eigenvalue weighted by Gasteiger charge is 2.38. The largest absolute Gasteiger partial charge is 0.325 e. The second-order valence-corrected chi connectivity index (χ2v) is 6.34. The quantitative estimate of drug-likeness (QED) is 0.912. The van der Waals surface area contributed by atoms with Crippen molar-refractivity contribution < 1.29 is 9.59 Å². The van der Waals surface area contributed by atoms with Gasteiger partial charge in [0.25, 0.3) is 0 Å². The fraction of sp³-hybridized carbons (Fsp3) is 0.211. The lowest BCUT2D eigenvalue weighted by atomic mass is 9.85. The number of benzene rings is 2. The minimum Gasteiger partial charge on any atom is -0.325 e. The van der Waals surface area contributed by atoms with E-state index in [1.54, 1.807) is 24.3 Å². The predicted molar refractivity (Wildman–Crippen MR) is 91.6 cm³/mol. The Labute approximate surface area is 140 Å². The van der Waals surface area contributed by atoms with Crippen LogP contribution in [0.3, 0.4) is 0 Å². The lowest BCUT2D eigenvalue weighted by Crippen LogP contribution is -2.27. The van der Waals surface area contributed by atoms with Crippen LogP contribution in [0.4, 0.5) is 11.4 Å². The molecule has 0 spiro atoms. The first kappa shape index (κ1) is 15.8. The summed E-state index contributed by atoms with van der Waals surface area (Å²) in [5.41, 5.74) is 2.85. The van der Waals surface area contributed by atoms with E-state index in [0.717, 1.165) is 16.8 Å². The molecule has 0 saturated heterocycles. The van der Waals surface area contributed by atoms with Crippen molar-refractivity contribution in [1.82, 2.24) is 0 Å². The van der Waals surface area contributed by atoms with Gasteiger partial charge in [-0.3, -0.25) is 9.59 Å². The molecule has 0 atom stereocenters. The maximum atomic E-state index is 12.3. The van der Waals surface area contributed by atoms with Crippen LogP contribution in [0.2, 0.25) is 0 Å². The molecule has 0 unspecified atom stereocenters. The minimum absolute atomic E-state index is 0.0398. The van der Waals surface area contributed by atoms with Crippen LogP contribution >= 0.6 is 0 Å². The molecule has 5 nitrogen and oxygen atoms in total. The first-order chi connectivity index (χ1) is 11.4. The Kier molecular flexibility index (Phi) is 3.82. The molecule has 5 heteroatoms. The van der Waals surface area contributed by atoms with E-state index in [9.17, 15) is 9.59 Å². The predicted octanol–water partition coefficient (Wildman–Crippen LogP) is 2.97. The Morgan fingerprint density at radius 3 is 2.75 bits per heavy atom. The highest BCUT2D eigenvalue weighted by atomic mass is 16.2. The third-order valence-corrected chi connectivity index (χ3v) is 4.26. The Bertz CT molecular complexity index is 878. The second-order valence-electron chi connectivity index (χ2n) is 6.34. The highest BCUT2D eigenvalue weighted by Crippen LogP contribution is 2.37. The second kappa shape index (κ2) is 5.82. The fourth-order valence-electron chi connectivity index (χ4n) is 2.80. The number of nitrogens with zero attached hydrogens (tertiary/aromatic N) is 1. The lowest BCUT2D eigenvalue weighted by Gasteiger charge is -2.15. The van der Waals surface area contributed by atoms with Gasteiger partial charge in [-0.1, -0.05) is 24.3 Å². The summed E-state index contributed by atoms with van der Waals surface area (Å²) in [6.07, 6.45) is 0.178. The van der Waals surface area contributed by atoms with Gasteiger partial charge in [0.2, 0.25) is 11.8 Å². The van der Waals surface area contributed by atoms with Gasteiger partial charge < -0.3 is 10.6 Å². The maximum Gasteiger partial charge on any atom is 0.234 e. The lowest BCUT2D eigenvalue weighted by molar-refractivity contribution is -0.119. The average Bonchev–Trinajstić information content (AvgIpc) is 2.78. The molecule has 3 rings (SSSR count). The molecule has 0 aromatic heterocycles. The molecule has 0 saturated carbocycles. The SMILES string of the molecule is CC1(C)C(=O)Nc2ccc(CC(=O)Nc3ccccc3C#N)cc21. The van der Waals surface area contributed by atoms with Crippen LogP contribution in [-0.4, -0.2) is 11.8 Å². The molecule has 1 heterocycles. The average molecular weight is 319 g/mol. The Morgan fingerprint density at radius 1 is 1.25 bits per heavy atom. The monoisotopic (exact) mass is 319 g/mol. The van der Waals surface area contributed by atoms with Crippen molar-refractivity contribution in [2.45, 2.75) is 25.7 Å². The summed E-state index contributed by atoms with van der Waals surface area (Å²) in [6.45, 7) is 3.72. The molecular weight excluding hydrogens is 302 g/mol. The molecule has 1 aliphatic rings. The summed E-state index contributed by atoms with van der Waals surface area (Å²) in [7, 11) is 0. The molecule has 2 aromatic rings. The minimum atomic E-state index is -0.602. The van der Waals surface area contributed by atoms with Crippen molar-refractivity contribution in [2.75, 3.05) is 10.6 Å². The summed E-state index contributed by atoms with van der Waals surface area (Å²) in [5, 5.41) is 14.7. The summed E-state index contributed by atoms with van der Waals surface area (Å²) in [4.78, 5) is 24.2. The van der Waals surface area contributed by atoms with E-state index in [0.29, 0.717) is 11.3 Å². The van der Waals surface area contributed by atoms with Gasteiger partial charge in [-0.2, -0.15) is 5.26 Å². The Hall–Kier alpha value is -3.13. The number of carbonyl (C=O) groups excluding carboxylic acids is 2. The van der Waals surface area contributed by atoms with Gasteiger partial charge in [-0.15, -0.1) is 0 Å². The first-order valence-electron chi connectivity index (χ1n) is 7.65. The molecule has 1 aliphatic heterocycles. The third kappa shape index (κ3) is 2.74. The first-order valence-corrected chi connectivity index (χ1v) is 7.65. The van der Waals surface area contributed by atoms with E-state index >= 15 is 0 Å².